The highest BCUT2D eigenvalue weighted by atomic mass is 32.2. The Morgan fingerprint density at radius 2 is 2.00 bits per heavy atom. The van der Waals surface area contributed by atoms with Crippen LogP contribution in [0.5, 0.6) is 0 Å². The van der Waals surface area contributed by atoms with Gasteiger partial charge in [-0.25, -0.2) is 0 Å². The predicted octanol–water partition coefficient (Wildman–Crippen LogP) is 2.82. The SMILES string of the molecule is O=C(O)CSCc1cccc(NC(=O)c2cc3c([nH]c2=O)CCCC3)c1. The second kappa shape index (κ2) is 8.23. The number of aryl methyl sites for hydroxylation is 2. The molecule has 1 aliphatic carbocycles. The maximum absolute atomic E-state index is 12.5. The Morgan fingerprint density at radius 1 is 1.19 bits per heavy atom. The van der Waals surface area contributed by atoms with Gasteiger partial charge < -0.3 is 15.4 Å². The van der Waals surface area contributed by atoms with E-state index < -0.39 is 11.9 Å². The standard InChI is InChI=1S/C19H20N2O4S/c22-17(23)11-26-10-12-4-3-6-14(8-12)20-18(24)15-9-13-5-1-2-7-16(13)21-19(15)25/h3-4,6,8-9H,1-2,5,7,10-11H2,(H,20,24)(H,21,25)(H,22,23). The summed E-state index contributed by atoms with van der Waals surface area (Å²) in [6, 6.07) is 8.91. The van der Waals surface area contributed by atoms with Gasteiger partial charge >= 0.3 is 5.97 Å². The smallest absolute Gasteiger partial charge is 0.313 e. The minimum absolute atomic E-state index is 0.0289. The van der Waals surface area contributed by atoms with Gasteiger partial charge in [-0.2, -0.15) is 0 Å². The number of carbonyl (C=O) groups excluding carboxylic acids is 1. The first-order valence-electron chi connectivity index (χ1n) is 8.48. The zero-order valence-electron chi connectivity index (χ0n) is 14.2. The van der Waals surface area contributed by atoms with E-state index in [9.17, 15) is 14.4 Å². The summed E-state index contributed by atoms with van der Waals surface area (Å²) < 4.78 is 0. The van der Waals surface area contributed by atoms with Crippen LogP contribution in [0.1, 0.15) is 40.0 Å². The number of aliphatic carboxylic acids is 1. The third-order valence-electron chi connectivity index (χ3n) is 4.26. The minimum Gasteiger partial charge on any atom is -0.481 e. The lowest BCUT2D eigenvalue weighted by Gasteiger charge is -2.16. The molecule has 0 spiro atoms. The van der Waals surface area contributed by atoms with Gasteiger partial charge in [-0.1, -0.05) is 12.1 Å². The van der Waals surface area contributed by atoms with E-state index in [4.69, 9.17) is 5.11 Å². The Balaban J connectivity index is 1.72. The number of rotatable bonds is 6. The molecule has 0 atom stereocenters. The molecule has 136 valence electrons. The predicted molar refractivity (Wildman–Crippen MR) is 102 cm³/mol. The topological polar surface area (TPSA) is 99.3 Å². The average molecular weight is 372 g/mol. The lowest BCUT2D eigenvalue weighted by molar-refractivity contribution is -0.133. The number of thioether (sulfide) groups is 1. The number of pyridine rings is 1. The van der Waals surface area contributed by atoms with E-state index in [2.05, 4.69) is 10.3 Å². The zero-order valence-corrected chi connectivity index (χ0v) is 15.0. The van der Waals surface area contributed by atoms with Crippen LogP contribution in [-0.2, 0) is 23.4 Å². The normalized spacial score (nSPS) is 13.1. The van der Waals surface area contributed by atoms with Crippen LogP contribution in [-0.4, -0.2) is 27.7 Å². The molecule has 3 N–H and O–H groups in total. The van der Waals surface area contributed by atoms with Crippen LogP contribution in [0.2, 0.25) is 0 Å². The number of hydrogen-bond acceptors (Lipinski definition) is 4. The highest BCUT2D eigenvalue weighted by molar-refractivity contribution is 7.99. The van der Waals surface area contributed by atoms with Crippen molar-refractivity contribution >= 4 is 29.3 Å². The lowest BCUT2D eigenvalue weighted by atomic mass is 9.95. The minimum atomic E-state index is -0.855. The molecule has 6 nitrogen and oxygen atoms in total. The molecule has 1 amide bonds. The van der Waals surface area contributed by atoms with E-state index in [1.807, 2.05) is 6.07 Å². The lowest BCUT2D eigenvalue weighted by Crippen LogP contribution is -2.26. The van der Waals surface area contributed by atoms with Crippen molar-refractivity contribution in [3.63, 3.8) is 0 Å². The second-order valence-electron chi connectivity index (χ2n) is 6.26. The molecule has 1 aromatic carbocycles. The van der Waals surface area contributed by atoms with Gasteiger partial charge in [0.1, 0.15) is 5.56 Å². The molecule has 1 aromatic heterocycles. The highest BCUT2D eigenvalue weighted by Gasteiger charge is 2.17. The Morgan fingerprint density at radius 3 is 2.81 bits per heavy atom. The van der Waals surface area contributed by atoms with Crippen molar-refractivity contribution in [3.8, 4) is 0 Å². The molecule has 0 saturated heterocycles. The molecule has 0 radical (unpaired) electrons. The molecular weight excluding hydrogens is 352 g/mol. The third kappa shape index (κ3) is 4.54. The summed E-state index contributed by atoms with van der Waals surface area (Å²) in [6.07, 6.45) is 3.85. The van der Waals surface area contributed by atoms with Crippen molar-refractivity contribution in [2.45, 2.75) is 31.4 Å². The maximum Gasteiger partial charge on any atom is 0.313 e. The van der Waals surface area contributed by atoms with Crippen molar-refractivity contribution in [1.82, 2.24) is 4.98 Å². The van der Waals surface area contributed by atoms with Gasteiger partial charge in [0.25, 0.3) is 11.5 Å². The Bertz CT molecular complexity index is 891. The summed E-state index contributed by atoms with van der Waals surface area (Å²) >= 11 is 1.29. The zero-order chi connectivity index (χ0) is 18.5. The highest BCUT2D eigenvalue weighted by Crippen LogP contribution is 2.20. The number of carbonyl (C=O) groups is 2. The number of aromatic amines is 1. The Labute approximate surface area is 155 Å². The van der Waals surface area contributed by atoms with Crippen LogP contribution in [0.25, 0.3) is 0 Å². The summed E-state index contributed by atoms with van der Waals surface area (Å²) in [5.41, 5.74) is 3.23. The summed E-state index contributed by atoms with van der Waals surface area (Å²) in [4.78, 5) is 38.2. The number of hydrogen-bond donors (Lipinski definition) is 3. The van der Waals surface area contributed by atoms with Crippen molar-refractivity contribution < 1.29 is 14.7 Å². The first-order chi connectivity index (χ1) is 12.5. The van der Waals surface area contributed by atoms with Crippen LogP contribution < -0.4 is 10.9 Å². The number of nitrogens with one attached hydrogen (secondary N) is 2. The molecule has 1 heterocycles. The van der Waals surface area contributed by atoms with Gasteiger partial charge in [0.2, 0.25) is 0 Å². The molecule has 0 saturated carbocycles. The van der Waals surface area contributed by atoms with Crippen molar-refractivity contribution in [2.75, 3.05) is 11.1 Å². The quantitative estimate of drug-likeness (QED) is 0.724. The summed E-state index contributed by atoms with van der Waals surface area (Å²) in [6.45, 7) is 0. The van der Waals surface area contributed by atoms with Gasteiger partial charge in [-0.3, -0.25) is 14.4 Å². The largest absolute Gasteiger partial charge is 0.481 e. The van der Waals surface area contributed by atoms with E-state index in [1.54, 1.807) is 24.3 Å². The number of aromatic nitrogens is 1. The first-order valence-corrected chi connectivity index (χ1v) is 9.63. The summed E-state index contributed by atoms with van der Waals surface area (Å²) in [5, 5.41) is 11.5. The Hall–Kier alpha value is -2.54. The van der Waals surface area contributed by atoms with Crippen LogP contribution in [0.15, 0.2) is 35.1 Å². The molecule has 0 unspecified atom stereocenters. The number of H-pyrrole nitrogens is 1. The van der Waals surface area contributed by atoms with Crippen molar-refractivity contribution in [3.05, 3.63) is 63.1 Å². The van der Waals surface area contributed by atoms with Crippen molar-refractivity contribution in [2.24, 2.45) is 0 Å². The van der Waals surface area contributed by atoms with Crippen molar-refractivity contribution in [1.29, 1.82) is 0 Å². The molecule has 3 rings (SSSR count). The number of benzene rings is 1. The van der Waals surface area contributed by atoms with Gasteiger partial charge in [0.05, 0.1) is 5.75 Å². The fourth-order valence-corrected chi connectivity index (χ4v) is 3.73. The molecule has 2 aromatic rings. The van der Waals surface area contributed by atoms with Gasteiger partial charge in [0.15, 0.2) is 0 Å². The first kappa shape index (κ1) is 18.3. The fraction of sp³-hybridized carbons (Fsp3) is 0.316. The molecule has 26 heavy (non-hydrogen) atoms. The summed E-state index contributed by atoms with van der Waals surface area (Å²) in [5.74, 6) is -0.725. The number of carboxylic acids is 1. The summed E-state index contributed by atoms with van der Waals surface area (Å²) in [7, 11) is 0. The maximum atomic E-state index is 12.5. The van der Waals surface area contributed by atoms with Gasteiger partial charge in [0, 0.05) is 17.1 Å². The van der Waals surface area contributed by atoms with Gasteiger partial charge in [-0.05, 0) is 55.0 Å². The monoisotopic (exact) mass is 372 g/mol. The Kier molecular flexibility index (Phi) is 5.78. The van der Waals surface area contributed by atoms with Crippen LogP contribution in [0, 0.1) is 0 Å². The number of carboxylic acid groups (broad SMARTS) is 1. The third-order valence-corrected chi connectivity index (χ3v) is 5.25. The molecule has 7 heteroatoms. The van der Waals surface area contributed by atoms with Crippen LogP contribution in [0.4, 0.5) is 5.69 Å². The van der Waals surface area contributed by atoms with E-state index in [1.165, 1.54) is 11.8 Å². The fourth-order valence-electron chi connectivity index (χ4n) is 3.04. The second-order valence-corrected chi connectivity index (χ2v) is 7.25. The van der Waals surface area contributed by atoms with E-state index in [0.717, 1.165) is 42.5 Å². The van der Waals surface area contributed by atoms with E-state index >= 15 is 0 Å². The number of amides is 1. The molecule has 0 bridgehead atoms. The van der Waals surface area contributed by atoms with Gasteiger partial charge in [-0.15, -0.1) is 11.8 Å². The number of anilines is 1. The molecule has 1 aliphatic rings. The van der Waals surface area contributed by atoms with Crippen LogP contribution in [0.3, 0.4) is 0 Å². The average Bonchev–Trinajstić information content (AvgIpc) is 2.61. The van der Waals surface area contributed by atoms with E-state index in [-0.39, 0.29) is 16.9 Å². The molecule has 0 aliphatic heterocycles. The van der Waals surface area contributed by atoms with E-state index in [0.29, 0.717) is 11.4 Å². The molecule has 0 fully saturated rings. The van der Waals surface area contributed by atoms with Crippen LogP contribution >= 0.6 is 11.8 Å². The molecular formula is C19H20N2O4S. The number of fused-ring (bicyclic) bond motifs is 1.